The summed E-state index contributed by atoms with van der Waals surface area (Å²) in [5.41, 5.74) is -0.426. The number of esters is 1. The molecule has 2 rings (SSSR count). The van der Waals surface area contributed by atoms with Gasteiger partial charge in [0.25, 0.3) is 5.91 Å². The van der Waals surface area contributed by atoms with Crippen molar-refractivity contribution >= 4 is 17.6 Å². The van der Waals surface area contributed by atoms with E-state index in [1.54, 1.807) is 12.1 Å². The number of carbonyl (C=O) groups excluding carboxylic acids is 2. The number of halogens is 3. The molecule has 1 N–H and O–H groups in total. The van der Waals surface area contributed by atoms with Crippen molar-refractivity contribution in [3.8, 4) is 5.75 Å². The van der Waals surface area contributed by atoms with E-state index in [0.717, 1.165) is 24.3 Å². The van der Waals surface area contributed by atoms with Crippen molar-refractivity contribution in [2.24, 2.45) is 0 Å². The van der Waals surface area contributed by atoms with Gasteiger partial charge >= 0.3 is 12.1 Å². The van der Waals surface area contributed by atoms with Gasteiger partial charge in [0.2, 0.25) is 0 Å². The fourth-order valence-corrected chi connectivity index (χ4v) is 2.00. The van der Waals surface area contributed by atoms with Crippen LogP contribution in [0.15, 0.2) is 48.5 Å². The molecule has 0 aliphatic heterocycles. The van der Waals surface area contributed by atoms with Crippen molar-refractivity contribution in [2.75, 3.05) is 12.4 Å². The average Bonchev–Trinajstić information content (AvgIpc) is 2.61. The lowest BCUT2D eigenvalue weighted by molar-refractivity contribution is -0.137. The molecule has 138 valence electrons. The minimum atomic E-state index is -4.45. The number of nitrogens with one attached hydrogen (secondary N) is 1. The highest BCUT2D eigenvalue weighted by atomic mass is 19.4. The molecule has 0 saturated carbocycles. The number of benzene rings is 2. The summed E-state index contributed by atoms with van der Waals surface area (Å²) in [5.74, 6) is -0.802. The lowest BCUT2D eigenvalue weighted by Crippen LogP contribution is -2.30. The Bertz CT molecular complexity index is 771. The summed E-state index contributed by atoms with van der Waals surface area (Å²) in [6.07, 6.45) is -5.59. The topological polar surface area (TPSA) is 64.6 Å². The molecule has 26 heavy (non-hydrogen) atoms. The molecule has 5 nitrogen and oxygen atoms in total. The molecule has 0 saturated heterocycles. The predicted molar refractivity (Wildman–Crippen MR) is 87.9 cm³/mol. The van der Waals surface area contributed by atoms with Crippen LogP contribution in [0.5, 0.6) is 5.75 Å². The van der Waals surface area contributed by atoms with Gasteiger partial charge in [-0.3, -0.25) is 4.79 Å². The Morgan fingerprint density at radius 2 is 1.58 bits per heavy atom. The fraction of sp³-hybridized carbons (Fsp3) is 0.222. The summed E-state index contributed by atoms with van der Waals surface area (Å²) in [5, 5.41) is 2.39. The van der Waals surface area contributed by atoms with Crippen LogP contribution in [0.4, 0.5) is 18.9 Å². The van der Waals surface area contributed by atoms with Crippen molar-refractivity contribution in [1.29, 1.82) is 0 Å². The number of amides is 1. The van der Waals surface area contributed by atoms with Gasteiger partial charge in [0.15, 0.2) is 6.10 Å². The summed E-state index contributed by atoms with van der Waals surface area (Å²) in [6.45, 7) is 1.36. The predicted octanol–water partition coefficient (Wildman–Crippen LogP) is 3.90. The molecule has 1 atom stereocenters. The first-order chi connectivity index (χ1) is 12.2. The molecule has 0 heterocycles. The van der Waals surface area contributed by atoms with Gasteiger partial charge in [-0.15, -0.1) is 0 Å². The smallest absolute Gasteiger partial charge is 0.416 e. The van der Waals surface area contributed by atoms with E-state index in [2.05, 4.69) is 5.32 Å². The van der Waals surface area contributed by atoms with Crippen LogP contribution in [0.25, 0.3) is 0 Å². The number of anilines is 1. The minimum Gasteiger partial charge on any atom is -0.497 e. The standard InChI is InChI=1S/C18H16F3NO4/c1-11(26-17(24)12-3-9-15(25-2)10-4-12)16(23)22-14-7-5-13(6-8-14)18(19,20)21/h3-11H,1-2H3,(H,22,23)/t11-/m1/s1. The zero-order valence-corrected chi connectivity index (χ0v) is 14.0. The second-order valence-corrected chi connectivity index (χ2v) is 5.34. The third-order valence-corrected chi connectivity index (χ3v) is 3.46. The van der Waals surface area contributed by atoms with Gasteiger partial charge < -0.3 is 14.8 Å². The van der Waals surface area contributed by atoms with E-state index in [9.17, 15) is 22.8 Å². The minimum absolute atomic E-state index is 0.162. The lowest BCUT2D eigenvalue weighted by Gasteiger charge is -2.14. The number of carbonyl (C=O) groups is 2. The average molecular weight is 367 g/mol. The molecule has 1 amide bonds. The number of hydrogen-bond donors (Lipinski definition) is 1. The van der Waals surface area contributed by atoms with Gasteiger partial charge in [-0.1, -0.05) is 0 Å². The fourth-order valence-electron chi connectivity index (χ4n) is 2.00. The van der Waals surface area contributed by atoms with Crippen molar-refractivity contribution in [3.05, 3.63) is 59.7 Å². The summed E-state index contributed by atoms with van der Waals surface area (Å²) in [6, 6.07) is 10.1. The molecule has 2 aromatic carbocycles. The lowest BCUT2D eigenvalue weighted by atomic mass is 10.2. The molecule has 2 aromatic rings. The molecule has 0 spiro atoms. The summed E-state index contributed by atoms with van der Waals surface area (Å²) < 4.78 is 47.6. The summed E-state index contributed by atoms with van der Waals surface area (Å²) in [4.78, 5) is 24.0. The second-order valence-electron chi connectivity index (χ2n) is 5.34. The van der Waals surface area contributed by atoms with Gasteiger partial charge in [-0.2, -0.15) is 13.2 Å². The third-order valence-electron chi connectivity index (χ3n) is 3.46. The van der Waals surface area contributed by atoms with Gasteiger partial charge in [-0.05, 0) is 55.5 Å². The van der Waals surface area contributed by atoms with Crippen LogP contribution >= 0.6 is 0 Å². The molecule has 0 fully saturated rings. The Balaban J connectivity index is 1.95. The van der Waals surface area contributed by atoms with Gasteiger partial charge in [0, 0.05) is 5.69 Å². The molecule has 0 aliphatic rings. The van der Waals surface area contributed by atoms with Gasteiger partial charge in [0.05, 0.1) is 18.2 Å². The highest BCUT2D eigenvalue weighted by Gasteiger charge is 2.30. The monoisotopic (exact) mass is 367 g/mol. The first kappa shape index (κ1) is 19.3. The van der Waals surface area contributed by atoms with Crippen LogP contribution in [-0.2, 0) is 15.7 Å². The van der Waals surface area contributed by atoms with Crippen molar-refractivity contribution in [3.63, 3.8) is 0 Å². The zero-order chi connectivity index (χ0) is 19.3. The highest BCUT2D eigenvalue weighted by Crippen LogP contribution is 2.29. The molecule has 0 aliphatic carbocycles. The first-order valence-electron chi connectivity index (χ1n) is 7.54. The van der Waals surface area contributed by atoms with E-state index >= 15 is 0 Å². The Morgan fingerprint density at radius 1 is 1.00 bits per heavy atom. The van der Waals surface area contributed by atoms with Crippen LogP contribution in [0.2, 0.25) is 0 Å². The maximum Gasteiger partial charge on any atom is 0.416 e. The number of rotatable bonds is 5. The van der Waals surface area contributed by atoms with Crippen molar-refractivity contribution < 1.29 is 32.2 Å². The Kier molecular flexibility index (Phi) is 5.86. The number of ether oxygens (including phenoxy) is 2. The van der Waals surface area contributed by atoms with E-state index < -0.39 is 29.7 Å². The van der Waals surface area contributed by atoms with Gasteiger partial charge in [-0.25, -0.2) is 4.79 Å². The number of methoxy groups -OCH3 is 1. The Morgan fingerprint density at radius 3 is 2.08 bits per heavy atom. The number of alkyl halides is 3. The van der Waals surface area contributed by atoms with Crippen LogP contribution in [0, 0.1) is 0 Å². The normalized spacial score (nSPS) is 12.2. The molecule has 0 bridgehead atoms. The largest absolute Gasteiger partial charge is 0.497 e. The SMILES string of the molecule is COc1ccc(C(=O)O[C@H](C)C(=O)Nc2ccc(C(F)(F)F)cc2)cc1. The molecule has 8 heteroatoms. The van der Waals surface area contributed by atoms with Crippen LogP contribution < -0.4 is 10.1 Å². The maximum atomic E-state index is 12.5. The molecular weight excluding hydrogens is 351 g/mol. The Labute approximate surface area is 147 Å². The van der Waals surface area contributed by atoms with Crippen molar-refractivity contribution in [2.45, 2.75) is 19.2 Å². The first-order valence-corrected chi connectivity index (χ1v) is 7.54. The quantitative estimate of drug-likeness (QED) is 0.814. The maximum absolute atomic E-state index is 12.5. The molecule has 0 radical (unpaired) electrons. The third kappa shape index (κ3) is 4.98. The summed E-state index contributed by atoms with van der Waals surface area (Å²) >= 11 is 0. The summed E-state index contributed by atoms with van der Waals surface area (Å²) in [7, 11) is 1.49. The van der Waals surface area contributed by atoms with Gasteiger partial charge in [0.1, 0.15) is 5.75 Å². The molecule has 0 unspecified atom stereocenters. The highest BCUT2D eigenvalue weighted by molar-refractivity contribution is 5.97. The van der Waals surface area contributed by atoms with E-state index in [1.165, 1.54) is 26.2 Å². The van der Waals surface area contributed by atoms with E-state index in [1.807, 2.05) is 0 Å². The molecule has 0 aromatic heterocycles. The zero-order valence-electron chi connectivity index (χ0n) is 14.0. The molecular formula is C18H16F3NO4. The Hall–Kier alpha value is -3.03. The van der Waals surface area contributed by atoms with Crippen LogP contribution in [-0.4, -0.2) is 25.1 Å². The van der Waals surface area contributed by atoms with Crippen molar-refractivity contribution in [1.82, 2.24) is 0 Å². The van der Waals surface area contributed by atoms with Crippen LogP contribution in [0.3, 0.4) is 0 Å². The van der Waals surface area contributed by atoms with E-state index in [4.69, 9.17) is 9.47 Å². The number of hydrogen-bond acceptors (Lipinski definition) is 4. The van der Waals surface area contributed by atoms with E-state index in [-0.39, 0.29) is 11.3 Å². The van der Waals surface area contributed by atoms with E-state index in [0.29, 0.717) is 5.75 Å². The van der Waals surface area contributed by atoms with Crippen LogP contribution in [0.1, 0.15) is 22.8 Å². The second kappa shape index (κ2) is 7.90.